The number of anilines is 1. The van der Waals surface area contributed by atoms with Gasteiger partial charge in [0.05, 0.1) is 12.2 Å². The Bertz CT molecular complexity index is 867. The summed E-state index contributed by atoms with van der Waals surface area (Å²) in [5.41, 5.74) is 1.49. The van der Waals surface area contributed by atoms with E-state index in [9.17, 15) is 14.4 Å². The van der Waals surface area contributed by atoms with E-state index in [2.05, 4.69) is 5.32 Å². The molecular formula is C20H19ClN2O4. The van der Waals surface area contributed by atoms with Crippen LogP contribution in [0.25, 0.3) is 0 Å². The standard InChI is InChI=1S/C20H19ClN2O4/c1-2-27-20(26)13-7-9-14(10-8-13)22-19(25)18(23-12-11-17(23)24)15-5-3-4-6-16(15)21/h3-10,18H,2,11-12H2,1H3,(H,22,25)/t18-/m0/s1. The molecular weight excluding hydrogens is 368 g/mol. The highest BCUT2D eigenvalue weighted by molar-refractivity contribution is 6.31. The molecule has 2 aromatic carbocycles. The number of nitrogens with zero attached hydrogens (tertiary/aromatic N) is 1. The van der Waals surface area contributed by atoms with E-state index in [4.69, 9.17) is 16.3 Å². The molecule has 1 atom stereocenters. The van der Waals surface area contributed by atoms with Crippen molar-refractivity contribution in [1.29, 1.82) is 0 Å². The minimum atomic E-state index is -0.801. The van der Waals surface area contributed by atoms with Crippen LogP contribution in [0.1, 0.15) is 35.3 Å². The van der Waals surface area contributed by atoms with Gasteiger partial charge in [-0.05, 0) is 37.3 Å². The Labute approximate surface area is 162 Å². The second kappa shape index (κ2) is 8.22. The van der Waals surface area contributed by atoms with Crippen LogP contribution in [-0.2, 0) is 14.3 Å². The third kappa shape index (κ3) is 4.11. The topological polar surface area (TPSA) is 75.7 Å². The van der Waals surface area contributed by atoms with E-state index in [1.165, 1.54) is 4.90 Å². The fourth-order valence-electron chi connectivity index (χ4n) is 2.87. The maximum atomic E-state index is 12.9. The molecule has 1 aliphatic rings. The Morgan fingerprint density at radius 2 is 1.89 bits per heavy atom. The maximum absolute atomic E-state index is 12.9. The van der Waals surface area contributed by atoms with E-state index >= 15 is 0 Å². The lowest BCUT2D eigenvalue weighted by atomic mass is 10.00. The van der Waals surface area contributed by atoms with Gasteiger partial charge in [0.1, 0.15) is 6.04 Å². The Morgan fingerprint density at radius 3 is 2.44 bits per heavy atom. The van der Waals surface area contributed by atoms with Crippen LogP contribution in [0.5, 0.6) is 0 Å². The van der Waals surface area contributed by atoms with Crippen molar-refractivity contribution in [3.05, 3.63) is 64.7 Å². The van der Waals surface area contributed by atoms with Crippen molar-refractivity contribution < 1.29 is 19.1 Å². The summed E-state index contributed by atoms with van der Waals surface area (Å²) in [6, 6.07) is 12.6. The second-order valence-electron chi connectivity index (χ2n) is 6.05. The lowest BCUT2D eigenvalue weighted by Crippen LogP contribution is -2.49. The molecule has 1 N–H and O–H groups in total. The lowest BCUT2D eigenvalue weighted by Gasteiger charge is -2.37. The number of ether oxygens (including phenoxy) is 1. The zero-order chi connectivity index (χ0) is 19.4. The molecule has 1 heterocycles. The summed E-state index contributed by atoms with van der Waals surface area (Å²) in [4.78, 5) is 38.1. The van der Waals surface area contributed by atoms with Gasteiger partial charge in [-0.15, -0.1) is 0 Å². The van der Waals surface area contributed by atoms with Gasteiger partial charge in [0, 0.05) is 29.2 Å². The molecule has 0 aromatic heterocycles. The summed E-state index contributed by atoms with van der Waals surface area (Å²) in [6.07, 6.45) is 0.419. The van der Waals surface area contributed by atoms with E-state index < -0.39 is 12.0 Å². The quantitative estimate of drug-likeness (QED) is 0.609. The van der Waals surface area contributed by atoms with E-state index in [1.54, 1.807) is 55.5 Å². The predicted molar refractivity (Wildman–Crippen MR) is 102 cm³/mol. The molecule has 2 aromatic rings. The van der Waals surface area contributed by atoms with Gasteiger partial charge in [0.2, 0.25) is 5.91 Å². The summed E-state index contributed by atoms with van der Waals surface area (Å²) in [6.45, 7) is 2.53. The van der Waals surface area contributed by atoms with E-state index in [0.717, 1.165) is 0 Å². The van der Waals surface area contributed by atoms with Crippen molar-refractivity contribution in [2.45, 2.75) is 19.4 Å². The molecule has 0 spiro atoms. The Hall–Kier alpha value is -2.86. The zero-order valence-corrected chi connectivity index (χ0v) is 15.5. The van der Waals surface area contributed by atoms with E-state index in [0.29, 0.717) is 41.4 Å². The van der Waals surface area contributed by atoms with Crippen LogP contribution < -0.4 is 5.32 Å². The molecule has 7 heteroatoms. The molecule has 0 radical (unpaired) electrons. The number of rotatable bonds is 6. The zero-order valence-electron chi connectivity index (χ0n) is 14.8. The minimum absolute atomic E-state index is 0.0901. The van der Waals surface area contributed by atoms with Gasteiger partial charge in [-0.2, -0.15) is 0 Å². The molecule has 0 unspecified atom stereocenters. The number of hydrogen-bond acceptors (Lipinski definition) is 4. The first-order valence-electron chi connectivity index (χ1n) is 8.63. The van der Waals surface area contributed by atoms with Crippen molar-refractivity contribution in [3.8, 4) is 0 Å². The van der Waals surface area contributed by atoms with Crippen LogP contribution in [0.15, 0.2) is 48.5 Å². The fraction of sp³-hybridized carbons (Fsp3) is 0.250. The fourth-order valence-corrected chi connectivity index (χ4v) is 3.11. The molecule has 27 heavy (non-hydrogen) atoms. The molecule has 0 aliphatic carbocycles. The first kappa shape index (κ1) is 18.9. The number of benzene rings is 2. The van der Waals surface area contributed by atoms with Crippen molar-refractivity contribution in [2.24, 2.45) is 0 Å². The third-order valence-corrected chi connectivity index (χ3v) is 4.65. The predicted octanol–water partition coefficient (Wildman–Crippen LogP) is 3.43. The second-order valence-corrected chi connectivity index (χ2v) is 6.46. The number of β-lactam (4-membered cyclic amide) rings is 1. The Morgan fingerprint density at radius 1 is 1.19 bits per heavy atom. The smallest absolute Gasteiger partial charge is 0.338 e. The number of likely N-dealkylation sites (tertiary alicyclic amines) is 1. The molecule has 0 saturated carbocycles. The molecule has 140 valence electrons. The highest BCUT2D eigenvalue weighted by Crippen LogP contribution is 2.32. The highest BCUT2D eigenvalue weighted by Gasteiger charge is 2.37. The van der Waals surface area contributed by atoms with Crippen LogP contribution in [0, 0.1) is 0 Å². The number of carbonyl (C=O) groups excluding carboxylic acids is 3. The van der Waals surface area contributed by atoms with Crippen LogP contribution >= 0.6 is 11.6 Å². The Balaban J connectivity index is 1.80. The van der Waals surface area contributed by atoms with Crippen molar-refractivity contribution in [3.63, 3.8) is 0 Å². The van der Waals surface area contributed by atoms with Crippen LogP contribution in [0.2, 0.25) is 5.02 Å². The van der Waals surface area contributed by atoms with E-state index in [1.807, 2.05) is 0 Å². The van der Waals surface area contributed by atoms with Crippen LogP contribution in [0.4, 0.5) is 5.69 Å². The summed E-state index contributed by atoms with van der Waals surface area (Å²) >= 11 is 6.25. The van der Waals surface area contributed by atoms with Gasteiger partial charge in [-0.25, -0.2) is 4.79 Å². The third-order valence-electron chi connectivity index (χ3n) is 4.31. The molecule has 0 bridgehead atoms. The van der Waals surface area contributed by atoms with Crippen LogP contribution in [-0.4, -0.2) is 35.8 Å². The number of hydrogen-bond donors (Lipinski definition) is 1. The molecule has 6 nitrogen and oxygen atoms in total. The normalized spacial score (nSPS) is 14.3. The molecule has 1 saturated heterocycles. The summed E-state index contributed by atoms with van der Waals surface area (Å²) < 4.78 is 4.94. The average Bonchev–Trinajstić information content (AvgIpc) is 2.66. The van der Waals surface area contributed by atoms with Gasteiger partial charge in [-0.3, -0.25) is 9.59 Å². The lowest BCUT2D eigenvalue weighted by molar-refractivity contribution is -0.147. The summed E-state index contributed by atoms with van der Waals surface area (Å²) in [5.74, 6) is -0.872. The maximum Gasteiger partial charge on any atom is 0.338 e. The Kier molecular flexibility index (Phi) is 5.76. The SMILES string of the molecule is CCOC(=O)c1ccc(NC(=O)[C@H](c2ccccc2Cl)N2CCC2=O)cc1. The molecule has 1 fully saturated rings. The largest absolute Gasteiger partial charge is 0.462 e. The number of esters is 1. The molecule has 2 amide bonds. The summed E-state index contributed by atoms with van der Waals surface area (Å²) in [7, 11) is 0. The first-order valence-corrected chi connectivity index (χ1v) is 9.01. The van der Waals surface area contributed by atoms with Gasteiger partial charge in [0.15, 0.2) is 0 Å². The monoisotopic (exact) mass is 386 g/mol. The van der Waals surface area contributed by atoms with Crippen molar-refractivity contribution in [2.75, 3.05) is 18.5 Å². The number of amides is 2. The molecule has 1 aliphatic heterocycles. The average molecular weight is 387 g/mol. The number of nitrogens with one attached hydrogen (secondary N) is 1. The van der Waals surface area contributed by atoms with Crippen molar-refractivity contribution in [1.82, 2.24) is 4.90 Å². The minimum Gasteiger partial charge on any atom is -0.462 e. The highest BCUT2D eigenvalue weighted by atomic mass is 35.5. The molecule has 3 rings (SSSR count). The number of carbonyl (C=O) groups is 3. The first-order chi connectivity index (χ1) is 13.0. The van der Waals surface area contributed by atoms with Crippen molar-refractivity contribution >= 4 is 35.1 Å². The van der Waals surface area contributed by atoms with Gasteiger partial charge in [-0.1, -0.05) is 29.8 Å². The number of halogens is 1. The van der Waals surface area contributed by atoms with E-state index in [-0.39, 0.29) is 11.8 Å². The van der Waals surface area contributed by atoms with Gasteiger partial charge >= 0.3 is 5.97 Å². The van der Waals surface area contributed by atoms with Gasteiger partial charge in [0.25, 0.3) is 5.91 Å². The van der Waals surface area contributed by atoms with Gasteiger partial charge < -0.3 is 15.0 Å². The van der Waals surface area contributed by atoms with Crippen LogP contribution in [0.3, 0.4) is 0 Å². The summed E-state index contributed by atoms with van der Waals surface area (Å²) in [5, 5.41) is 3.22.